The molecule has 1 fully saturated rings. The molecule has 1 aromatic heterocycles. The summed E-state index contributed by atoms with van der Waals surface area (Å²) in [6, 6.07) is 9.68. The van der Waals surface area contributed by atoms with Crippen LogP contribution >= 0.6 is 0 Å². The van der Waals surface area contributed by atoms with Gasteiger partial charge in [0.2, 0.25) is 0 Å². The first kappa shape index (κ1) is 20.7. The average Bonchev–Trinajstić information content (AvgIpc) is 3.15. The van der Waals surface area contributed by atoms with E-state index in [0.29, 0.717) is 37.6 Å². The minimum atomic E-state index is -0.814. The molecule has 160 valence electrons. The molecule has 0 aliphatic carbocycles. The molecule has 7 nitrogen and oxygen atoms in total. The van der Waals surface area contributed by atoms with Gasteiger partial charge in [0, 0.05) is 49.2 Å². The van der Waals surface area contributed by atoms with Gasteiger partial charge < -0.3 is 15.0 Å². The molecule has 1 aliphatic heterocycles. The van der Waals surface area contributed by atoms with E-state index in [1.807, 2.05) is 0 Å². The maximum Gasteiger partial charge on any atom is 0.259 e. The third-order valence-electron chi connectivity index (χ3n) is 4.93. The Hall–Kier alpha value is -3.59. The van der Waals surface area contributed by atoms with Crippen molar-refractivity contribution in [3.8, 4) is 11.3 Å². The number of hydrogen-bond donors (Lipinski definition) is 1. The summed E-state index contributed by atoms with van der Waals surface area (Å²) in [5, 5.41) is 6.89. The number of carbonyl (C=O) groups is 2. The molecule has 31 heavy (non-hydrogen) atoms. The second-order valence-electron chi connectivity index (χ2n) is 7.13. The molecule has 0 saturated carbocycles. The van der Waals surface area contributed by atoms with Crippen LogP contribution in [0.15, 0.2) is 48.7 Å². The van der Waals surface area contributed by atoms with Gasteiger partial charge in [0.05, 0.1) is 18.8 Å². The van der Waals surface area contributed by atoms with Gasteiger partial charge in [0.15, 0.2) is 0 Å². The lowest BCUT2D eigenvalue weighted by Crippen LogP contribution is -2.40. The maximum atomic E-state index is 14.3. The summed E-state index contributed by atoms with van der Waals surface area (Å²) in [6.45, 7) is 2.01. The average molecular weight is 426 g/mol. The van der Waals surface area contributed by atoms with Crippen LogP contribution in [0.2, 0.25) is 0 Å². The molecular formula is C22H20F2N4O3. The number of benzene rings is 2. The Morgan fingerprint density at radius 3 is 2.61 bits per heavy atom. The molecule has 1 aliphatic rings. The van der Waals surface area contributed by atoms with Crippen molar-refractivity contribution in [2.75, 3.05) is 31.6 Å². The summed E-state index contributed by atoms with van der Waals surface area (Å²) in [5.41, 5.74) is 1.09. The van der Waals surface area contributed by atoms with Crippen LogP contribution in [0, 0.1) is 11.6 Å². The van der Waals surface area contributed by atoms with Crippen LogP contribution in [0.4, 0.5) is 14.5 Å². The van der Waals surface area contributed by atoms with Gasteiger partial charge in [-0.05, 0) is 30.3 Å². The van der Waals surface area contributed by atoms with E-state index >= 15 is 0 Å². The normalized spacial score (nSPS) is 13.8. The third kappa shape index (κ3) is 4.46. The monoisotopic (exact) mass is 426 g/mol. The van der Waals surface area contributed by atoms with Gasteiger partial charge in [0.1, 0.15) is 17.3 Å². The number of nitrogens with zero attached hydrogens (tertiary/aromatic N) is 3. The Bertz CT molecular complexity index is 1140. The minimum absolute atomic E-state index is 0.0170. The molecule has 0 atom stereocenters. The Kier molecular flexibility index (Phi) is 5.77. The molecule has 2 aromatic carbocycles. The summed E-state index contributed by atoms with van der Waals surface area (Å²) in [5.74, 6) is -2.20. The molecular weight excluding hydrogens is 406 g/mol. The SMILES string of the molecule is Cn1cc(C(=O)Nc2cccc(C(=O)N3CCOCC3)c2)c(-c2ccc(F)cc2F)n1. The summed E-state index contributed by atoms with van der Waals surface area (Å²) < 4.78 is 34.2. The zero-order valence-electron chi connectivity index (χ0n) is 16.8. The van der Waals surface area contributed by atoms with Gasteiger partial charge in [-0.2, -0.15) is 5.10 Å². The molecule has 2 heterocycles. The van der Waals surface area contributed by atoms with Gasteiger partial charge in [-0.3, -0.25) is 14.3 Å². The highest BCUT2D eigenvalue weighted by atomic mass is 19.1. The summed E-state index contributed by atoms with van der Waals surface area (Å²) in [6.07, 6.45) is 1.45. The van der Waals surface area contributed by atoms with Crippen molar-refractivity contribution < 1.29 is 23.1 Å². The van der Waals surface area contributed by atoms with Crippen molar-refractivity contribution in [1.82, 2.24) is 14.7 Å². The lowest BCUT2D eigenvalue weighted by molar-refractivity contribution is 0.0303. The lowest BCUT2D eigenvalue weighted by atomic mass is 10.1. The molecule has 0 radical (unpaired) electrons. The van der Waals surface area contributed by atoms with E-state index < -0.39 is 17.5 Å². The fourth-order valence-corrected chi connectivity index (χ4v) is 3.41. The predicted molar refractivity (Wildman–Crippen MR) is 110 cm³/mol. The Morgan fingerprint density at radius 1 is 1.10 bits per heavy atom. The van der Waals surface area contributed by atoms with Gasteiger partial charge in [-0.15, -0.1) is 0 Å². The molecule has 4 rings (SSSR count). The first-order chi connectivity index (χ1) is 14.9. The minimum Gasteiger partial charge on any atom is -0.378 e. The van der Waals surface area contributed by atoms with Crippen LogP contribution in [0.5, 0.6) is 0 Å². The Balaban J connectivity index is 1.57. The number of nitrogens with one attached hydrogen (secondary N) is 1. The molecule has 1 saturated heterocycles. The summed E-state index contributed by atoms with van der Waals surface area (Å²) >= 11 is 0. The predicted octanol–water partition coefficient (Wildman–Crippen LogP) is 3.09. The zero-order chi connectivity index (χ0) is 22.0. The number of amides is 2. The number of aromatic nitrogens is 2. The molecule has 1 N–H and O–H groups in total. The lowest BCUT2D eigenvalue weighted by Gasteiger charge is -2.27. The van der Waals surface area contributed by atoms with Crippen molar-refractivity contribution in [3.05, 3.63) is 71.4 Å². The molecule has 2 amide bonds. The van der Waals surface area contributed by atoms with Crippen LogP contribution in [-0.2, 0) is 11.8 Å². The van der Waals surface area contributed by atoms with Crippen molar-refractivity contribution in [3.63, 3.8) is 0 Å². The van der Waals surface area contributed by atoms with Gasteiger partial charge in [-0.1, -0.05) is 6.07 Å². The highest BCUT2D eigenvalue weighted by molar-refractivity contribution is 6.08. The highest BCUT2D eigenvalue weighted by Gasteiger charge is 2.22. The quantitative estimate of drug-likeness (QED) is 0.696. The number of anilines is 1. The van der Waals surface area contributed by atoms with Gasteiger partial charge in [0.25, 0.3) is 11.8 Å². The number of halogens is 2. The number of aryl methyl sites for hydroxylation is 1. The number of hydrogen-bond acceptors (Lipinski definition) is 4. The molecule has 0 unspecified atom stereocenters. The van der Waals surface area contributed by atoms with Crippen molar-refractivity contribution in [2.24, 2.45) is 7.05 Å². The van der Waals surface area contributed by atoms with Crippen molar-refractivity contribution in [1.29, 1.82) is 0 Å². The van der Waals surface area contributed by atoms with E-state index in [4.69, 9.17) is 4.74 Å². The van der Waals surface area contributed by atoms with Crippen LogP contribution in [-0.4, -0.2) is 52.8 Å². The third-order valence-corrected chi connectivity index (χ3v) is 4.93. The topological polar surface area (TPSA) is 76.5 Å². The first-order valence-electron chi connectivity index (χ1n) is 9.70. The standard InChI is InChI=1S/C22H20F2N4O3/c1-27-13-18(20(26-27)17-6-5-15(23)12-19(17)24)21(29)25-16-4-2-3-14(11-16)22(30)28-7-9-31-10-8-28/h2-6,11-13H,7-10H2,1H3,(H,25,29). The fraction of sp³-hybridized carbons (Fsp3) is 0.227. The number of ether oxygens (including phenoxy) is 1. The smallest absolute Gasteiger partial charge is 0.259 e. The van der Waals surface area contributed by atoms with Gasteiger partial charge in [-0.25, -0.2) is 8.78 Å². The second-order valence-corrected chi connectivity index (χ2v) is 7.13. The van der Waals surface area contributed by atoms with Crippen molar-refractivity contribution >= 4 is 17.5 Å². The Morgan fingerprint density at radius 2 is 1.87 bits per heavy atom. The van der Waals surface area contributed by atoms with Crippen LogP contribution in [0.1, 0.15) is 20.7 Å². The van der Waals surface area contributed by atoms with Crippen LogP contribution in [0.25, 0.3) is 11.3 Å². The van der Waals surface area contributed by atoms with E-state index in [2.05, 4.69) is 10.4 Å². The Labute approximate surface area is 177 Å². The number of rotatable bonds is 4. The zero-order valence-corrected chi connectivity index (χ0v) is 16.8. The largest absolute Gasteiger partial charge is 0.378 e. The van der Waals surface area contributed by atoms with E-state index in [1.165, 1.54) is 16.9 Å². The van der Waals surface area contributed by atoms with E-state index in [-0.39, 0.29) is 22.7 Å². The number of carbonyl (C=O) groups excluding carboxylic acids is 2. The maximum absolute atomic E-state index is 14.3. The molecule has 9 heteroatoms. The van der Waals surface area contributed by atoms with E-state index in [0.717, 1.165) is 12.1 Å². The van der Waals surface area contributed by atoms with Gasteiger partial charge >= 0.3 is 0 Å². The van der Waals surface area contributed by atoms with Crippen LogP contribution < -0.4 is 5.32 Å². The van der Waals surface area contributed by atoms with Crippen molar-refractivity contribution in [2.45, 2.75) is 0 Å². The van der Waals surface area contributed by atoms with E-state index in [1.54, 1.807) is 36.2 Å². The summed E-state index contributed by atoms with van der Waals surface area (Å²) in [7, 11) is 1.60. The molecule has 0 bridgehead atoms. The summed E-state index contributed by atoms with van der Waals surface area (Å²) in [4.78, 5) is 27.3. The molecule has 0 spiro atoms. The second kappa shape index (κ2) is 8.65. The molecule has 3 aromatic rings. The highest BCUT2D eigenvalue weighted by Crippen LogP contribution is 2.26. The fourth-order valence-electron chi connectivity index (χ4n) is 3.41. The van der Waals surface area contributed by atoms with E-state index in [9.17, 15) is 18.4 Å². The first-order valence-corrected chi connectivity index (χ1v) is 9.70. The number of morpholine rings is 1. The van der Waals surface area contributed by atoms with Crippen LogP contribution in [0.3, 0.4) is 0 Å².